The van der Waals surface area contributed by atoms with Crippen LogP contribution in [-0.4, -0.2) is 29.6 Å². The minimum absolute atomic E-state index is 0.581. The van der Waals surface area contributed by atoms with E-state index in [1.165, 1.54) is 31.2 Å². The van der Waals surface area contributed by atoms with Crippen molar-refractivity contribution in [2.24, 2.45) is 5.73 Å². The first kappa shape index (κ1) is 14.5. The van der Waals surface area contributed by atoms with Crippen molar-refractivity contribution in [3.8, 4) is 0 Å². The van der Waals surface area contributed by atoms with Crippen LogP contribution in [0.4, 0.5) is 0 Å². The SMILES string of the molecule is CCC(Cc1ccccc1)N1C(C)CCCC1CN. The lowest BCUT2D eigenvalue weighted by atomic mass is 9.91. The number of nitrogens with two attached hydrogens (primary N) is 1. The van der Waals surface area contributed by atoms with Crippen LogP contribution in [-0.2, 0) is 6.42 Å². The van der Waals surface area contributed by atoms with Gasteiger partial charge in [0, 0.05) is 24.7 Å². The standard InChI is InChI=1S/C17H28N2/c1-3-16(12-15-9-5-4-6-10-15)19-14(2)8-7-11-17(19)13-18/h4-6,9-10,14,16-17H,3,7-8,11-13,18H2,1-2H3. The van der Waals surface area contributed by atoms with Gasteiger partial charge in [-0.3, -0.25) is 4.90 Å². The molecule has 19 heavy (non-hydrogen) atoms. The number of benzene rings is 1. The number of likely N-dealkylation sites (tertiary alicyclic amines) is 1. The predicted molar refractivity (Wildman–Crippen MR) is 82.2 cm³/mol. The minimum Gasteiger partial charge on any atom is -0.329 e. The highest BCUT2D eigenvalue weighted by Crippen LogP contribution is 2.27. The fourth-order valence-corrected chi connectivity index (χ4v) is 3.55. The van der Waals surface area contributed by atoms with Gasteiger partial charge >= 0.3 is 0 Å². The van der Waals surface area contributed by atoms with E-state index in [0.29, 0.717) is 18.1 Å². The van der Waals surface area contributed by atoms with E-state index in [-0.39, 0.29) is 0 Å². The minimum atomic E-state index is 0.581. The van der Waals surface area contributed by atoms with Crippen molar-refractivity contribution < 1.29 is 0 Å². The summed E-state index contributed by atoms with van der Waals surface area (Å²) in [6.07, 6.45) is 6.28. The molecular formula is C17H28N2. The van der Waals surface area contributed by atoms with Crippen LogP contribution in [0.15, 0.2) is 30.3 Å². The lowest BCUT2D eigenvalue weighted by Gasteiger charge is -2.45. The largest absolute Gasteiger partial charge is 0.329 e. The van der Waals surface area contributed by atoms with Crippen molar-refractivity contribution in [1.29, 1.82) is 0 Å². The van der Waals surface area contributed by atoms with Gasteiger partial charge in [0.15, 0.2) is 0 Å². The maximum atomic E-state index is 6.00. The highest BCUT2D eigenvalue weighted by atomic mass is 15.2. The first-order chi connectivity index (χ1) is 9.26. The summed E-state index contributed by atoms with van der Waals surface area (Å²) in [7, 11) is 0. The predicted octanol–water partition coefficient (Wildman–Crippen LogP) is 3.21. The average Bonchev–Trinajstić information content (AvgIpc) is 2.46. The Hall–Kier alpha value is -0.860. The molecule has 0 spiro atoms. The van der Waals surface area contributed by atoms with E-state index in [1.54, 1.807) is 0 Å². The number of hydrogen-bond donors (Lipinski definition) is 1. The first-order valence-electron chi connectivity index (χ1n) is 7.77. The van der Waals surface area contributed by atoms with E-state index in [4.69, 9.17) is 5.73 Å². The van der Waals surface area contributed by atoms with Crippen LogP contribution < -0.4 is 5.73 Å². The van der Waals surface area contributed by atoms with Crippen molar-refractivity contribution in [3.05, 3.63) is 35.9 Å². The molecule has 1 aliphatic rings. The summed E-state index contributed by atoms with van der Waals surface area (Å²) >= 11 is 0. The molecule has 106 valence electrons. The van der Waals surface area contributed by atoms with Gasteiger partial charge in [-0.15, -0.1) is 0 Å². The first-order valence-corrected chi connectivity index (χ1v) is 7.77. The van der Waals surface area contributed by atoms with Crippen molar-refractivity contribution in [1.82, 2.24) is 4.90 Å². The molecule has 2 heteroatoms. The zero-order valence-electron chi connectivity index (χ0n) is 12.4. The molecule has 1 heterocycles. The Morgan fingerprint density at radius 2 is 2.00 bits per heavy atom. The summed E-state index contributed by atoms with van der Waals surface area (Å²) in [5.74, 6) is 0. The van der Waals surface area contributed by atoms with E-state index in [2.05, 4.69) is 49.1 Å². The molecule has 1 aromatic rings. The molecule has 1 saturated heterocycles. The summed E-state index contributed by atoms with van der Waals surface area (Å²) in [5, 5.41) is 0. The summed E-state index contributed by atoms with van der Waals surface area (Å²) in [4.78, 5) is 2.70. The fourth-order valence-electron chi connectivity index (χ4n) is 3.55. The zero-order valence-corrected chi connectivity index (χ0v) is 12.4. The van der Waals surface area contributed by atoms with Crippen LogP contribution in [0, 0.1) is 0 Å². The molecule has 2 rings (SSSR count). The lowest BCUT2D eigenvalue weighted by molar-refractivity contribution is 0.0479. The number of nitrogens with zero attached hydrogens (tertiary/aromatic N) is 1. The molecule has 1 aromatic carbocycles. The second-order valence-electron chi connectivity index (χ2n) is 5.87. The molecule has 0 aliphatic carbocycles. The molecular weight excluding hydrogens is 232 g/mol. The average molecular weight is 260 g/mol. The molecule has 2 N–H and O–H groups in total. The monoisotopic (exact) mass is 260 g/mol. The van der Waals surface area contributed by atoms with Gasteiger partial charge in [0.2, 0.25) is 0 Å². The molecule has 1 fully saturated rings. The fraction of sp³-hybridized carbons (Fsp3) is 0.647. The second-order valence-corrected chi connectivity index (χ2v) is 5.87. The third kappa shape index (κ3) is 3.58. The Bertz CT molecular complexity index is 363. The molecule has 2 nitrogen and oxygen atoms in total. The third-order valence-corrected chi connectivity index (χ3v) is 4.57. The highest BCUT2D eigenvalue weighted by Gasteiger charge is 2.31. The van der Waals surface area contributed by atoms with Crippen LogP contribution in [0.5, 0.6) is 0 Å². The molecule has 3 unspecified atom stereocenters. The maximum Gasteiger partial charge on any atom is 0.0224 e. The van der Waals surface area contributed by atoms with Crippen molar-refractivity contribution in [3.63, 3.8) is 0 Å². The summed E-state index contributed by atoms with van der Waals surface area (Å²) in [6, 6.07) is 12.8. The lowest BCUT2D eigenvalue weighted by Crippen LogP contribution is -2.54. The second kappa shape index (κ2) is 7.06. The van der Waals surface area contributed by atoms with Crippen LogP contribution in [0.1, 0.15) is 45.1 Å². The van der Waals surface area contributed by atoms with E-state index in [9.17, 15) is 0 Å². The van der Waals surface area contributed by atoms with Gasteiger partial charge in [-0.25, -0.2) is 0 Å². The Kier molecular flexibility index (Phi) is 5.41. The van der Waals surface area contributed by atoms with Crippen LogP contribution >= 0.6 is 0 Å². The van der Waals surface area contributed by atoms with Crippen molar-refractivity contribution in [2.45, 2.75) is 64.1 Å². The highest BCUT2D eigenvalue weighted by molar-refractivity contribution is 5.16. The van der Waals surface area contributed by atoms with E-state index < -0.39 is 0 Å². The Balaban J connectivity index is 2.10. The summed E-state index contributed by atoms with van der Waals surface area (Å²) in [6.45, 7) is 5.48. The summed E-state index contributed by atoms with van der Waals surface area (Å²) < 4.78 is 0. The number of piperidine rings is 1. The van der Waals surface area contributed by atoms with E-state index in [1.807, 2.05) is 0 Å². The quantitative estimate of drug-likeness (QED) is 0.881. The Morgan fingerprint density at radius 3 is 2.63 bits per heavy atom. The molecule has 0 bridgehead atoms. The van der Waals surface area contributed by atoms with Crippen LogP contribution in [0.2, 0.25) is 0 Å². The van der Waals surface area contributed by atoms with Crippen LogP contribution in [0.3, 0.4) is 0 Å². The summed E-state index contributed by atoms with van der Waals surface area (Å²) in [5.41, 5.74) is 7.45. The molecule has 0 amide bonds. The third-order valence-electron chi connectivity index (χ3n) is 4.57. The van der Waals surface area contributed by atoms with E-state index in [0.717, 1.165) is 13.0 Å². The molecule has 0 radical (unpaired) electrons. The number of hydrogen-bond acceptors (Lipinski definition) is 2. The topological polar surface area (TPSA) is 29.3 Å². The van der Waals surface area contributed by atoms with Gasteiger partial charge in [0.1, 0.15) is 0 Å². The van der Waals surface area contributed by atoms with Gasteiger partial charge in [-0.2, -0.15) is 0 Å². The van der Waals surface area contributed by atoms with Crippen molar-refractivity contribution in [2.75, 3.05) is 6.54 Å². The molecule has 1 aliphatic heterocycles. The van der Waals surface area contributed by atoms with Gasteiger partial charge in [0.05, 0.1) is 0 Å². The Morgan fingerprint density at radius 1 is 1.26 bits per heavy atom. The van der Waals surface area contributed by atoms with Gasteiger partial charge in [-0.1, -0.05) is 43.7 Å². The van der Waals surface area contributed by atoms with Gasteiger partial charge in [0.25, 0.3) is 0 Å². The Labute approximate surface area is 118 Å². The van der Waals surface area contributed by atoms with Crippen molar-refractivity contribution >= 4 is 0 Å². The normalized spacial score (nSPS) is 26.3. The zero-order chi connectivity index (χ0) is 13.7. The van der Waals surface area contributed by atoms with E-state index >= 15 is 0 Å². The smallest absolute Gasteiger partial charge is 0.0224 e. The van der Waals surface area contributed by atoms with Gasteiger partial charge in [-0.05, 0) is 38.2 Å². The van der Waals surface area contributed by atoms with Crippen LogP contribution in [0.25, 0.3) is 0 Å². The van der Waals surface area contributed by atoms with Gasteiger partial charge < -0.3 is 5.73 Å². The number of rotatable bonds is 5. The maximum absolute atomic E-state index is 6.00. The molecule has 0 saturated carbocycles. The molecule has 0 aromatic heterocycles. The molecule has 3 atom stereocenters.